The number of hydrogen-bond acceptors (Lipinski definition) is 3. The number of carbonyl (C=O) groups excluding carboxylic acids is 1. The maximum atomic E-state index is 12.1. The van der Waals surface area contributed by atoms with Crippen LogP contribution in [0, 0.1) is 17.3 Å². The molecule has 0 radical (unpaired) electrons. The maximum Gasteiger partial charge on any atom is 0.307 e. The van der Waals surface area contributed by atoms with Gasteiger partial charge in [0, 0.05) is 6.54 Å². The standard InChI is InChI=1S/C15H25NO4/c1-14(2)10(11(14)13(18)19)12(17)16-9-15(20)7-5-3-4-6-8-15/h10-11,20H,3-9H2,1-2H3,(H,16,17)(H,18,19)/t10-,11+/m1/s1. The highest BCUT2D eigenvalue weighted by Crippen LogP contribution is 2.58. The van der Waals surface area contributed by atoms with Crippen molar-refractivity contribution < 1.29 is 19.8 Å². The van der Waals surface area contributed by atoms with Crippen LogP contribution in [0.2, 0.25) is 0 Å². The van der Waals surface area contributed by atoms with Crippen molar-refractivity contribution in [2.24, 2.45) is 17.3 Å². The van der Waals surface area contributed by atoms with Gasteiger partial charge in [0.15, 0.2) is 0 Å². The van der Waals surface area contributed by atoms with Crippen molar-refractivity contribution in [3.8, 4) is 0 Å². The van der Waals surface area contributed by atoms with E-state index in [4.69, 9.17) is 5.11 Å². The van der Waals surface area contributed by atoms with Crippen LogP contribution in [0.3, 0.4) is 0 Å². The minimum absolute atomic E-state index is 0.236. The predicted molar refractivity (Wildman–Crippen MR) is 74.1 cm³/mol. The molecule has 1 amide bonds. The first-order valence-electron chi connectivity index (χ1n) is 7.51. The Bertz CT molecular complexity index is 397. The van der Waals surface area contributed by atoms with Gasteiger partial charge < -0.3 is 15.5 Å². The summed E-state index contributed by atoms with van der Waals surface area (Å²) in [6.45, 7) is 3.84. The Morgan fingerprint density at radius 1 is 1.10 bits per heavy atom. The van der Waals surface area contributed by atoms with Crippen LogP contribution in [0.25, 0.3) is 0 Å². The third-order valence-corrected chi connectivity index (χ3v) is 5.00. The van der Waals surface area contributed by atoms with Gasteiger partial charge in [0.1, 0.15) is 0 Å². The lowest BCUT2D eigenvalue weighted by atomic mass is 9.94. The van der Waals surface area contributed by atoms with Gasteiger partial charge in [0.05, 0.1) is 17.4 Å². The van der Waals surface area contributed by atoms with Gasteiger partial charge in [0.2, 0.25) is 5.91 Å². The molecule has 0 aromatic carbocycles. The number of carboxylic acids is 1. The van der Waals surface area contributed by atoms with E-state index in [2.05, 4.69) is 5.32 Å². The van der Waals surface area contributed by atoms with Crippen LogP contribution in [0.1, 0.15) is 52.4 Å². The van der Waals surface area contributed by atoms with Gasteiger partial charge in [-0.25, -0.2) is 0 Å². The molecule has 0 unspecified atom stereocenters. The van der Waals surface area contributed by atoms with Crippen molar-refractivity contribution >= 4 is 11.9 Å². The zero-order chi connectivity index (χ0) is 15.0. The van der Waals surface area contributed by atoms with E-state index in [-0.39, 0.29) is 12.5 Å². The molecule has 20 heavy (non-hydrogen) atoms. The quantitative estimate of drug-likeness (QED) is 0.683. The molecule has 0 bridgehead atoms. The second-order valence-electron chi connectivity index (χ2n) is 6.97. The van der Waals surface area contributed by atoms with Crippen LogP contribution in [0.5, 0.6) is 0 Å². The number of aliphatic hydroxyl groups is 1. The Morgan fingerprint density at radius 2 is 1.65 bits per heavy atom. The minimum atomic E-state index is -0.914. The summed E-state index contributed by atoms with van der Waals surface area (Å²) in [4.78, 5) is 23.2. The smallest absolute Gasteiger partial charge is 0.307 e. The first kappa shape index (κ1) is 15.3. The number of nitrogens with one attached hydrogen (secondary N) is 1. The molecule has 2 atom stereocenters. The van der Waals surface area contributed by atoms with Gasteiger partial charge in [-0.05, 0) is 18.3 Å². The van der Waals surface area contributed by atoms with Crippen LogP contribution in [-0.2, 0) is 9.59 Å². The molecule has 0 aliphatic heterocycles. The first-order chi connectivity index (χ1) is 9.28. The Labute approximate surface area is 119 Å². The second-order valence-corrected chi connectivity index (χ2v) is 6.97. The van der Waals surface area contributed by atoms with E-state index in [9.17, 15) is 14.7 Å². The monoisotopic (exact) mass is 283 g/mol. The summed E-state index contributed by atoms with van der Waals surface area (Å²) in [6.07, 6.45) is 5.66. The largest absolute Gasteiger partial charge is 0.481 e. The lowest BCUT2D eigenvalue weighted by Crippen LogP contribution is -2.43. The third kappa shape index (κ3) is 2.97. The SMILES string of the molecule is CC1(C)[C@H](C(=O)O)[C@@H]1C(=O)NCC1(O)CCCCCC1. The van der Waals surface area contributed by atoms with Crippen molar-refractivity contribution in [1.29, 1.82) is 0 Å². The number of aliphatic carboxylic acids is 1. The average molecular weight is 283 g/mol. The summed E-state index contributed by atoms with van der Waals surface area (Å²) < 4.78 is 0. The van der Waals surface area contributed by atoms with Gasteiger partial charge in [-0.1, -0.05) is 39.5 Å². The fourth-order valence-corrected chi connectivity index (χ4v) is 3.51. The van der Waals surface area contributed by atoms with E-state index in [0.717, 1.165) is 25.7 Å². The van der Waals surface area contributed by atoms with Crippen LogP contribution >= 0.6 is 0 Å². The maximum absolute atomic E-state index is 12.1. The number of rotatable bonds is 4. The molecule has 5 nitrogen and oxygen atoms in total. The molecule has 2 saturated carbocycles. The van der Waals surface area contributed by atoms with Crippen molar-refractivity contribution in [1.82, 2.24) is 5.32 Å². The fourth-order valence-electron chi connectivity index (χ4n) is 3.51. The topological polar surface area (TPSA) is 86.6 Å². The number of carboxylic acid groups (broad SMARTS) is 1. The van der Waals surface area contributed by atoms with Gasteiger partial charge >= 0.3 is 5.97 Å². The molecule has 0 heterocycles. The summed E-state index contributed by atoms with van der Waals surface area (Å²) in [5, 5.41) is 22.3. The molecule has 0 spiro atoms. The predicted octanol–water partition coefficient (Wildman–Crippen LogP) is 1.54. The summed E-state index contributed by atoms with van der Waals surface area (Å²) in [5.41, 5.74) is -1.30. The normalized spacial score (nSPS) is 31.1. The lowest BCUT2D eigenvalue weighted by molar-refractivity contribution is -0.140. The molecule has 3 N–H and O–H groups in total. The Balaban J connectivity index is 1.88. The molecular formula is C15H25NO4. The lowest BCUT2D eigenvalue weighted by Gasteiger charge is -2.27. The molecule has 2 rings (SSSR count). The van der Waals surface area contributed by atoms with Crippen LogP contribution in [0.15, 0.2) is 0 Å². The van der Waals surface area contributed by atoms with E-state index in [1.165, 1.54) is 0 Å². The number of amides is 1. The number of hydrogen-bond donors (Lipinski definition) is 3. The van der Waals surface area contributed by atoms with Crippen LogP contribution in [0.4, 0.5) is 0 Å². The molecule has 2 aliphatic rings. The molecule has 0 aromatic heterocycles. The Morgan fingerprint density at radius 3 is 2.10 bits per heavy atom. The van der Waals surface area contributed by atoms with Crippen molar-refractivity contribution in [2.75, 3.05) is 6.54 Å². The highest BCUT2D eigenvalue weighted by Gasteiger charge is 2.65. The molecule has 2 aliphatic carbocycles. The minimum Gasteiger partial charge on any atom is -0.481 e. The zero-order valence-electron chi connectivity index (χ0n) is 12.3. The number of carbonyl (C=O) groups is 2. The van der Waals surface area contributed by atoms with Gasteiger partial charge in [-0.15, -0.1) is 0 Å². The highest BCUT2D eigenvalue weighted by atomic mass is 16.4. The third-order valence-electron chi connectivity index (χ3n) is 5.00. The zero-order valence-corrected chi connectivity index (χ0v) is 12.3. The van der Waals surface area contributed by atoms with Crippen LogP contribution < -0.4 is 5.32 Å². The molecule has 0 aromatic rings. The van der Waals surface area contributed by atoms with E-state index in [1.54, 1.807) is 13.8 Å². The average Bonchev–Trinajstić information content (AvgIpc) is 3.00. The summed E-state index contributed by atoms with van der Waals surface area (Å²) in [7, 11) is 0. The van der Waals surface area contributed by atoms with E-state index in [1.807, 2.05) is 0 Å². The van der Waals surface area contributed by atoms with Gasteiger partial charge in [0.25, 0.3) is 0 Å². The molecule has 114 valence electrons. The molecule has 2 fully saturated rings. The summed E-state index contributed by atoms with van der Waals surface area (Å²) >= 11 is 0. The Hall–Kier alpha value is -1.10. The van der Waals surface area contributed by atoms with E-state index in [0.29, 0.717) is 12.8 Å². The van der Waals surface area contributed by atoms with Gasteiger partial charge in [-0.3, -0.25) is 9.59 Å². The molecule has 0 saturated heterocycles. The van der Waals surface area contributed by atoms with Crippen LogP contribution in [-0.4, -0.2) is 34.2 Å². The molecular weight excluding hydrogens is 258 g/mol. The summed E-state index contributed by atoms with van der Waals surface area (Å²) in [5.74, 6) is -2.23. The van der Waals surface area contributed by atoms with Gasteiger partial charge in [-0.2, -0.15) is 0 Å². The van der Waals surface area contributed by atoms with Crippen molar-refractivity contribution in [3.05, 3.63) is 0 Å². The highest BCUT2D eigenvalue weighted by molar-refractivity contribution is 5.91. The van der Waals surface area contributed by atoms with E-state index < -0.39 is 28.8 Å². The first-order valence-corrected chi connectivity index (χ1v) is 7.51. The summed E-state index contributed by atoms with van der Waals surface area (Å²) in [6, 6.07) is 0. The fraction of sp³-hybridized carbons (Fsp3) is 0.867. The molecule has 5 heteroatoms. The van der Waals surface area contributed by atoms with Crippen molar-refractivity contribution in [3.63, 3.8) is 0 Å². The van der Waals surface area contributed by atoms with Crippen molar-refractivity contribution in [2.45, 2.75) is 58.0 Å². The second kappa shape index (κ2) is 5.35. The van der Waals surface area contributed by atoms with E-state index >= 15 is 0 Å². The Kier molecular flexibility index (Phi) is 4.09.